The Morgan fingerprint density at radius 2 is 2.12 bits per heavy atom. The lowest BCUT2D eigenvalue weighted by Crippen LogP contribution is -2.16. The second kappa shape index (κ2) is 6.62. The van der Waals surface area contributed by atoms with Gasteiger partial charge in [0, 0.05) is 18.7 Å². The van der Waals surface area contributed by atoms with Crippen LogP contribution in [0.4, 0.5) is 0 Å². The highest BCUT2D eigenvalue weighted by Gasteiger charge is 2.22. The van der Waals surface area contributed by atoms with Gasteiger partial charge in [-0.25, -0.2) is 0 Å². The summed E-state index contributed by atoms with van der Waals surface area (Å²) in [5.74, 6) is 1.78. The number of hydrogen-bond donors (Lipinski definition) is 2. The normalized spacial score (nSPS) is 14.9. The number of para-hydroxylation sites is 1. The lowest BCUT2D eigenvalue weighted by atomic mass is 10.2. The first-order valence-electron chi connectivity index (χ1n) is 6.42. The van der Waals surface area contributed by atoms with Gasteiger partial charge in [-0.3, -0.25) is 0 Å². The smallest absolute Gasteiger partial charge is 0.123 e. The van der Waals surface area contributed by atoms with Crippen LogP contribution >= 0.6 is 0 Å². The van der Waals surface area contributed by atoms with Crippen LogP contribution in [-0.4, -0.2) is 24.9 Å². The molecule has 1 aliphatic rings. The van der Waals surface area contributed by atoms with Gasteiger partial charge >= 0.3 is 0 Å². The van der Waals surface area contributed by atoms with Gasteiger partial charge in [-0.2, -0.15) is 0 Å². The molecule has 1 fully saturated rings. The molecule has 0 radical (unpaired) electrons. The SMILES string of the molecule is OCCCNCc1ccccc1OCC1CC1. The molecule has 0 saturated heterocycles. The molecule has 1 aromatic rings. The van der Waals surface area contributed by atoms with Crippen molar-refractivity contribution in [2.45, 2.75) is 25.8 Å². The maximum absolute atomic E-state index is 8.71. The summed E-state index contributed by atoms with van der Waals surface area (Å²) < 4.78 is 5.83. The molecule has 0 bridgehead atoms. The van der Waals surface area contributed by atoms with Crippen molar-refractivity contribution in [2.24, 2.45) is 5.92 Å². The molecule has 0 unspecified atom stereocenters. The molecule has 3 nitrogen and oxygen atoms in total. The Hall–Kier alpha value is -1.06. The summed E-state index contributed by atoms with van der Waals surface area (Å²) in [5, 5.41) is 12.0. The fourth-order valence-corrected chi connectivity index (χ4v) is 1.71. The predicted molar refractivity (Wildman–Crippen MR) is 68.1 cm³/mol. The lowest BCUT2D eigenvalue weighted by molar-refractivity contribution is 0.284. The second-order valence-corrected chi connectivity index (χ2v) is 4.62. The molecule has 0 atom stereocenters. The minimum absolute atomic E-state index is 0.243. The number of aliphatic hydroxyl groups excluding tert-OH is 1. The number of nitrogens with one attached hydrogen (secondary N) is 1. The largest absolute Gasteiger partial charge is 0.493 e. The van der Waals surface area contributed by atoms with Crippen LogP contribution in [0.1, 0.15) is 24.8 Å². The van der Waals surface area contributed by atoms with Crippen LogP contribution in [0.15, 0.2) is 24.3 Å². The van der Waals surface area contributed by atoms with E-state index in [1.807, 2.05) is 18.2 Å². The van der Waals surface area contributed by atoms with Crippen molar-refractivity contribution in [1.82, 2.24) is 5.32 Å². The maximum atomic E-state index is 8.71. The van der Waals surface area contributed by atoms with Crippen LogP contribution < -0.4 is 10.1 Å². The van der Waals surface area contributed by atoms with Crippen molar-refractivity contribution in [1.29, 1.82) is 0 Å². The highest BCUT2D eigenvalue weighted by molar-refractivity contribution is 5.33. The Morgan fingerprint density at radius 1 is 1.29 bits per heavy atom. The zero-order valence-electron chi connectivity index (χ0n) is 10.2. The summed E-state index contributed by atoms with van der Waals surface area (Å²) >= 11 is 0. The van der Waals surface area contributed by atoms with Crippen LogP contribution in [0.3, 0.4) is 0 Å². The molecule has 2 rings (SSSR count). The van der Waals surface area contributed by atoms with Gasteiger partial charge in [-0.1, -0.05) is 18.2 Å². The van der Waals surface area contributed by atoms with E-state index in [4.69, 9.17) is 9.84 Å². The average Bonchev–Trinajstić information content (AvgIpc) is 3.17. The van der Waals surface area contributed by atoms with E-state index in [0.29, 0.717) is 0 Å². The molecule has 3 heteroatoms. The number of ether oxygens (including phenoxy) is 1. The van der Waals surface area contributed by atoms with Gasteiger partial charge in [0.25, 0.3) is 0 Å². The fourth-order valence-electron chi connectivity index (χ4n) is 1.71. The molecular weight excluding hydrogens is 214 g/mol. The molecule has 0 amide bonds. The minimum Gasteiger partial charge on any atom is -0.493 e. The molecule has 1 aliphatic carbocycles. The first-order valence-corrected chi connectivity index (χ1v) is 6.42. The van der Waals surface area contributed by atoms with E-state index < -0.39 is 0 Å². The molecular formula is C14H21NO2. The van der Waals surface area contributed by atoms with E-state index >= 15 is 0 Å². The molecule has 0 heterocycles. The topological polar surface area (TPSA) is 41.5 Å². The standard InChI is InChI=1S/C14H21NO2/c16-9-3-8-15-10-13-4-1-2-5-14(13)17-11-12-6-7-12/h1-2,4-5,12,15-16H,3,6-11H2. The van der Waals surface area contributed by atoms with Gasteiger partial charge in [-0.05, 0) is 37.8 Å². The summed E-state index contributed by atoms with van der Waals surface area (Å²) in [6, 6.07) is 8.17. The zero-order chi connectivity index (χ0) is 11.9. The molecule has 94 valence electrons. The number of hydrogen-bond acceptors (Lipinski definition) is 3. The van der Waals surface area contributed by atoms with Crippen LogP contribution in [0.25, 0.3) is 0 Å². The summed E-state index contributed by atoms with van der Waals surface area (Å²) in [4.78, 5) is 0. The third-order valence-corrected chi connectivity index (χ3v) is 2.97. The minimum atomic E-state index is 0.243. The first kappa shape index (κ1) is 12.4. The first-order chi connectivity index (χ1) is 8.40. The van der Waals surface area contributed by atoms with E-state index in [0.717, 1.165) is 37.8 Å². The summed E-state index contributed by atoms with van der Waals surface area (Å²) in [7, 11) is 0. The average molecular weight is 235 g/mol. The molecule has 1 saturated carbocycles. The monoisotopic (exact) mass is 235 g/mol. The Labute approximate surface area is 103 Å². The summed E-state index contributed by atoms with van der Waals surface area (Å²) in [6.07, 6.45) is 3.43. The van der Waals surface area contributed by atoms with Crippen molar-refractivity contribution in [3.05, 3.63) is 29.8 Å². The van der Waals surface area contributed by atoms with Gasteiger partial charge in [0.1, 0.15) is 5.75 Å². The van der Waals surface area contributed by atoms with Gasteiger partial charge in [0.15, 0.2) is 0 Å². The quantitative estimate of drug-likeness (QED) is 0.677. The second-order valence-electron chi connectivity index (χ2n) is 4.62. The highest BCUT2D eigenvalue weighted by atomic mass is 16.5. The number of aliphatic hydroxyl groups is 1. The summed E-state index contributed by atoms with van der Waals surface area (Å²) in [5.41, 5.74) is 1.20. The van der Waals surface area contributed by atoms with Gasteiger partial charge in [-0.15, -0.1) is 0 Å². The molecule has 0 aliphatic heterocycles. The predicted octanol–water partition coefficient (Wildman–Crippen LogP) is 1.95. The van der Waals surface area contributed by atoms with Crippen molar-refractivity contribution >= 4 is 0 Å². The van der Waals surface area contributed by atoms with E-state index in [-0.39, 0.29) is 6.61 Å². The molecule has 1 aromatic carbocycles. The summed E-state index contributed by atoms with van der Waals surface area (Å²) in [6.45, 7) is 2.74. The van der Waals surface area contributed by atoms with Crippen LogP contribution in [0.5, 0.6) is 5.75 Å². The van der Waals surface area contributed by atoms with Gasteiger partial charge < -0.3 is 15.2 Å². The third kappa shape index (κ3) is 4.36. The van der Waals surface area contributed by atoms with E-state index in [9.17, 15) is 0 Å². The highest BCUT2D eigenvalue weighted by Crippen LogP contribution is 2.30. The van der Waals surface area contributed by atoms with Crippen molar-refractivity contribution in [2.75, 3.05) is 19.8 Å². The van der Waals surface area contributed by atoms with Gasteiger partial charge in [0.2, 0.25) is 0 Å². The number of benzene rings is 1. The van der Waals surface area contributed by atoms with E-state index in [1.54, 1.807) is 0 Å². The van der Waals surface area contributed by atoms with E-state index in [1.165, 1.54) is 18.4 Å². The van der Waals surface area contributed by atoms with E-state index in [2.05, 4.69) is 11.4 Å². The molecule has 2 N–H and O–H groups in total. The fraction of sp³-hybridized carbons (Fsp3) is 0.571. The van der Waals surface area contributed by atoms with Crippen molar-refractivity contribution in [3.8, 4) is 5.75 Å². The Balaban J connectivity index is 1.80. The zero-order valence-corrected chi connectivity index (χ0v) is 10.2. The van der Waals surface area contributed by atoms with Crippen molar-refractivity contribution in [3.63, 3.8) is 0 Å². The van der Waals surface area contributed by atoms with Gasteiger partial charge in [0.05, 0.1) is 6.61 Å². The number of rotatable bonds is 8. The Bertz CT molecular complexity index is 337. The van der Waals surface area contributed by atoms with Crippen LogP contribution in [0.2, 0.25) is 0 Å². The maximum Gasteiger partial charge on any atom is 0.123 e. The lowest BCUT2D eigenvalue weighted by Gasteiger charge is -2.11. The van der Waals surface area contributed by atoms with Crippen molar-refractivity contribution < 1.29 is 9.84 Å². The Kier molecular flexibility index (Phi) is 4.83. The van der Waals surface area contributed by atoms with Crippen LogP contribution in [0, 0.1) is 5.92 Å². The third-order valence-electron chi connectivity index (χ3n) is 2.97. The molecule has 0 aromatic heterocycles. The molecule has 0 spiro atoms. The Morgan fingerprint density at radius 3 is 2.88 bits per heavy atom. The molecule has 17 heavy (non-hydrogen) atoms. The van der Waals surface area contributed by atoms with Crippen LogP contribution in [-0.2, 0) is 6.54 Å².